The zero-order valence-corrected chi connectivity index (χ0v) is 11.0. The van der Waals surface area contributed by atoms with Crippen molar-refractivity contribution in [2.24, 2.45) is 0 Å². The molecule has 1 atom stereocenters. The van der Waals surface area contributed by atoms with Gasteiger partial charge in [0.25, 0.3) is 0 Å². The van der Waals surface area contributed by atoms with Crippen molar-refractivity contribution in [2.75, 3.05) is 33.7 Å². The summed E-state index contributed by atoms with van der Waals surface area (Å²) in [6.45, 7) is 7.08. The van der Waals surface area contributed by atoms with Crippen molar-refractivity contribution in [1.29, 1.82) is 0 Å². The van der Waals surface area contributed by atoms with Crippen molar-refractivity contribution in [2.45, 2.75) is 38.8 Å². The van der Waals surface area contributed by atoms with Crippen molar-refractivity contribution < 1.29 is 4.79 Å². The van der Waals surface area contributed by atoms with Gasteiger partial charge in [-0.1, -0.05) is 0 Å². The van der Waals surface area contributed by atoms with E-state index in [1.54, 1.807) is 0 Å². The third kappa shape index (κ3) is 3.46. The Labute approximate surface area is 99.0 Å². The predicted octanol–water partition coefficient (Wildman–Crippen LogP) is 0.537. The first kappa shape index (κ1) is 13.5. The zero-order chi connectivity index (χ0) is 12.1. The van der Waals surface area contributed by atoms with Crippen LogP contribution in [0.4, 0.5) is 0 Å². The maximum atomic E-state index is 12.0. The quantitative estimate of drug-likeness (QED) is 0.744. The molecule has 1 unspecified atom stereocenters. The van der Waals surface area contributed by atoms with Crippen molar-refractivity contribution in [3.05, 3.63) is 0 Å². The Morgan fingerprint density at radius 3 is 2.81 bits per heavy atom. The first-order valence-electron chi connectivity index (χ1n) is 6.22. The molecule has 1 heterocycles. The van der Waals surface area contributed by atoms with Crippen LogP contribution < -0.4 is 5.32 Å². The van der Waals surface area contributed by atoms with Crippen LogP contribution in [-0.4, -0.2) is 61.5 Å². The molecule has 1 N–H and O–H groups in total. The minimum absolute atomic E-state index is 0.0399. The van der Waals surface area contributed by atoms with Crippen molar-refractivity contribution in [3.8, 4) is 0 Å². The van der Waals surface area contributed by atoms with E-state index in [1.165, 1.54) is 0 Å². The number of likely N-dealkylation sites (tertiary alicyclic amines) is 1. The molecule has 4 nitrogen and oxygen atoms in total. The largest absolute Gasteiger partial charge is 0.340 e. The monoisotopic (exact) mass is 227 g/mol. The summed E-state index contributed by atoms with van der Waals surface area (Å²) >= 11 is 0. The lowest BCUT2D eigenvalue weighted by Crippen LogP contribution is -2.51. The predicted molar refractivity (Wildman–Crippen MR) is 66.4 cm³/mol. The maximum Gasteiger partial charge on any atom is 0.239 e. The molecule has 0 aromatic carbocycles. The fourth-order valence-corrected chi connectivity index (χ4v) is 1.97. The molecule has 4 heteroatoms. The lowest BCUT2D eigenvalue weighted by atomic mass is 10.1. The van der Waals surface area contributed by atoms with Gasteiger partial charge in [0.1, 0.15) is 0 Å². The molecule has 1 saturated heterocycles. The second-order valence-electron chi connectivity index (χ2n) is 4.88. The average Bonchev–Trinajstić information content (AvgIpc) is 2.27. The highest BCUT2D eigenvalue weighted by Gasteiger charge is 2.27. The van der Waals surface area contributed by atoms with Gasteiger partial charge >= 0.3 is 0 Å². The van der Waals surface area contributed by atoms with Gasteiger partial charge < -0.3 is 15.1 Å². The molecule has 1 aliphatic rings. The minimum Gasteiger partial charge on any atom is -0.340 e. The molecule has 0 aliphatic carbocycles. The molecule has 1 aliphatic heterocycles. The van der Waals surface area contributed by atoms with E-state index in [-0.39, 0.29) is 11.9 Å². The number of nitrogens with zero attached hydrogens (tertiary/aromatic N) is 2. The van der Waals surface area contributed by atoms with E-state index in [4.69, 9.17) is 0 Å². The number of hydrogen-bond donors (Lipinski definition) is 1. The summed E-state index contributed by atoms with van der Waals surface area (Å²) < 4.78 is 0. The van der Waals surface area contributed by atoms with E-state index in [9.17, 15) is 4.79 Å². The fraction of sp³-hybridized carbons (Fsp3) is 0.917. The number of amides is 1. The first-order valence-corrected chi connectivity index (χ1v) is 6.22. The molecule has 1 fully saturated rings. The molecular formula is C12H25N3O. The molecule has 0 aromatic rings. The zero-order valence-electron chi connectivity index (χ0n) is 11.0. The van der Waals surface area contributed by atoms with Crippen LogP contribution in [-0.2, 0) is 4.79 Å². The summed E-state index contributed by atoms with van der Waals surface area (Å²) in [5.41, 5.74) is 0. The van der Waals surface area contributed by atoms with Crippen LogP contribution in [0.2, 0.25) is 0 Å². The third-order valence-electron chi connectivity index (χ3n) is 3.48. The third-order valence-corrected chi connectivity index (χ3v) is 3.48. The van der Waals surface area contributed by atoms with Crippen LogP contribution >= 0.6 is 0 Å². The number of rotatable bonds is 5. The van der Waals surface area contributed by atoms with Gasteiger partial charge in [-0.15, -0.1) is 0 Å². The highest BCUT2D eigenvalue weighted by molar-refractivity contribution is 5.82. The molecule has 1 rings (SSSR count). The van der Waals surface area contributed by atoms with Gasteiger partial charge in [-0.2, -0.15) is 0 Å². The molecule has 0 saturated carbocycles. The topological polar surface area (TPSA) is 35.6 Å². The Bertz CT molecular complexity index is 230. The molecule has 16 heavy (non-hydrogen) atoms. The molecule has 1 amide bonds. The summed E-state index contributed by atoms with van der Waals surface area (Å²) in [7, 11) is 3.97. The first-order chi connectivity index (χ1) is 7.56. The van der Waals surface area contributed by atoms with E-state index >= 15 is 0 Å². The Hall–Kier alpha value is -0.610. The fourth-order valence-electron chi connectivity index (χ4n) is 1.97. The highest BCUT2D eigenvalue weighted by Crippen LogP contribution is 2.11. The average molecular weight is 227 g/mol. The Kier molecular flexibility index (Phi) is 5.22. The van der Waals surface area contributed by atoms with Gasteiger partial charge in [0.15, 0.2) is 0 Å². The molecule has 0 aromatic heterocycles. The number of piperidine rings is 1. The van der Waals surface area contributed by atoms with Crippen LogP contribution in [0.5, 0.6) is 0 Å². The summed E-state index contributed by atoms with van der Waals surface area (Å²) in [5, 5.41) is 3.09. The molecule has 0 radical (unpaired) electrons. The molecule has 0 spiro atoms. The van der Waals surface area contributed by atoms with Crippen LogP contribution in [0.15, 0.2) is 0 Å². The van der Waals surface area contributed by atoms with E-state index < -0.39 is 0 Å². The number of likely N-dealkylation sites (N-methyl/N-ethyl adjacent to an activating group) is 2. The minimum atomic E-state index is 0.0399. The van der Waals surface area contributed by atoms with Crippen molar-refractivity contribution in [1.82, 2.24) is 15.1 Å². The van der Waals surface area contributed by atoms with Crippen LogP contribution in [0.3, 0.4) is 0 Å². The number of carbonyl (C=O) groups is 1. The second kappa shape index (κ2) is 6.21. The number of nitrogens with one attached hydrogen (secondary N) is 1. The van der Waals surface area contributed by atoms with Gasteiger partial charge in [0.2, 0.25) is 5.91 Å². The standard InChI is InChI=1S/C12H25N3O/c1-10(2)14(4)8-9-15-7-5-6-11(13-3)12(15)16/h10-11,13H,5-9H2,1-4H3. The van der Waals surface area contributed by atoms with E-state index in [2.05, 4.69) is 31.1 Å². The Balaban J connectivity index is 2.39. The van der Waals surface area contributed by atoms with Gasteiger partial charge in [-0.3, -0.25) is 4.79 Å². The number of carbonyl (C=O) groups excluding carboxylic acids is 1. The van der Waals surface area contributed by atoms with Crippen molar-refractivity contribution >= 4 is 5.91 Å². The molecule has 0 bridgehead atoms. The van der Waals surface area contributed by atoms with Gasteiger partial charge in [-0.25, -0.2) is 0 Å². The van der Waals surface area contributed by atoms with Crippen LogP contribution in [0.1, 0.15) is 26.7 Å². The van der Waals surface area contributed by atoms with E-state index in [1.807, 2.05) is 11.9 Å². The Morgan fingerprint density at radius 1 is 1.56 bits per heavy atom. The smallest absolute Gasteiger partial charge is 0.239 e. The highest BCUT2D eigenvalue weighted by atomic mass is 16.2. The van der Waals surface area contributed by atoms with Crippen molar-refractivity contribution in [3.63, 3.8) is 0 Å². The van der Waals surface area contributed by atoms with E-state index in [0.29, 0.717) is 6.04 Å². The van der Waals surface area contributed by atoms with Gasteiger partial charge in [0.05, 0.1) is 6.04 Å². The summed E-state index contributed by atoms with van der Waals surface area (Å²) in [6, 6.07) is 0.582. The van der Waals surface area contributed by atoms with E-state index in [0.717, 1.165) is 32.5 Å². The maximum absolute atomic E-state index is 12.0. The summed E-state index contributed by atoms with van der Waals surface area (Å²) in [4.78, 5) is 16.2. The summed E-state index contributed by atoms with van der Waals surface area (Å²) in [5.74, 6) is 0.269. The number of hydrogen-bond acceptors (Lipinski definition) is 3. The van der Waals surface area contributed by atoms with Crippen LogP contribution in [0, 0.1) is 0 Å². The SMILES string of the molecule is CNC1CCCN(CCN(C)C(C)C)C1=O. The van der Waals surface area contributed by atoms with Crippen LogP contribution in [0.25, 0.3) is 0 Å². The second-order valence-corrected chi connectivity index (χ2v) is 4.88. The lowest BCUT2D eigenvalue weighted by molar-refractivity contribution is -0.136. The lowest BCUT2D eigenvalue weighted by Gasteiger charge is -2.33. The molecule has 94 valence electrons. The summed E-state index contributed by atoms with van der Waals surface area (Å²) in [6.07, 6.45) is 2.09. The van der Waals surface area contributed by atoms with Gasteiger partial charge in [0, 0.05) is 25.7 Å². The molecular weight excluding hydrogens is 202 g/mol. The normalized spacial score (nSPS) is 22.2. The van der Waals surface area contributed by atoms with Gasteiger partial charge in [-0.05, 0) is 40.8 Å². The Morgan fingerprint density at radius 2 is 2.25 bits per heavy atom.